The molecule has 7 heteroatoms. The Morgan fingerprint density at radius 1 is 1.17 bits per heavy atom. The monoisotopic (exact) mass is 255 g/mol. The highest BCUT2D eigenvalue weighted by atomic mass is 16.2. The van der Waals surface area contributed by atoms with Crippen molar-refractivity contribution in [1.82, 2.24) is 9.80 Å². The Labute approximate surface area is 106 Å². The zero-order valence-electron chi connectivity index (χ0n) is 11.1. The molecule has 0 saturated carbocycles. The maximum Gasteiger partial charge on any atom is 0.332 e. The van der Waals surface area contributed by atoms with E-state index in [1.165, 1.54) is 25.2 Å². The standard InChI is InChI=1S/C11H18N4O3/c1-13(2)6-5-12-7-8-9(16)14(3)11(18)15(4)10(8)17/h7-8H,5-6H2,1-4H3/p+1. The first-order chi connectivity index (χ1) is 8.36. The number of imide groups is 2. The van der Waals surface area contributed by atoms with E-state index < -0.39 is 23.8 Å². The summed E-state index contributed by atoms with van der Waals surface area (Å²) in [6.45, 7) is 1.36. The third kappa shape index (κ3) is 2.92. The summed E-state index contributed by atoms with van der Waals surface area (Å²) >= 11 is 0. The van der Waals surface area contributed by atoms with E-state index in [-0.39, 0.29) is 0 Å². The predicted molar refractivity (Wildman–Crippen MR) is 65.5 cm³/mol. The molecule has 0 aromatic carbocycles. The summed E-state index contributed by atoms with van der Waals surface area (Å²) < 4.78 is 0. The van der Waals surface area contributed by atoms with E-state index in [2.05, 4.69) is 4.99 Å². The Morgan fingerprint density at radius 2 is 1.67 bits per heavy atom. The van der Waals surface area contributed by atoms with Crippen molar-refractivity contribution >= 4 is 24.1 Å². The molecule has 0 aromatic rings. The molecular formula is C11H19N4O3+. The van der Waals surface area contributed by atoms with Crippen molar-refractivity contribution in [1.29, 1.82) is 0 Å². The van der Waals surface area contributed by atoms with Crippen LogP contribution in [0.4, 0.5) is 4.79 Å². The lowest BCUT2D eigenvalue weighted by molar-refractivity contribution is -0.856. The summed E-state index contributed by atoms with van der Waals surface area (Å²) in [6, 6.07) is -0.604. The summed E-state index contributed by atoms with van der Waals surface area (Å²) in [7, 11) is 6.70. The minimum atomic E-state index is -0.977. The molecule has 0 unspecified atom stereocenters. The molecule has 18 heavy (non-hydrogen) atoms. The topological polar surface area (TPSA) is 74.5 Å². The molecule has 1 heterocycles. The average Bonchev–Trinajstić information content (AvgIpc) is 2.32. The Balaban J connectivity index is 2.72. The van der Waals surface area contributed by atoms with Crippen LogP contribution in [0.2, 0.25) is 0 Å². The van der Waals surface area contributed by atoms with Gasteiger partial charge in [-0.25, -0.2) is 4.79 Å². The number of carbonyl (C=O) groups excluding carboxylic acids is 3. The number of barbiturate groups is 1. The van der Waals surface area contributed by atoms with Gasteiger partial charge in [0.25, 0.3) is 0 Å². The molecule has 1 N–H and O–H groups in total. The third-order valence-electron chi connectivity index (χ3n) is 2.76. The van der Waals surface area contributed by atoms with E-state index in [1.54, 1.807) is 0 Å². The number of rotatable bonds is 4. The minimum absolute atomic E-state index is 0.524. The summed E-state index contributed by atoms with van der Waals surface area (Å²) in [5.41, 5.74) is 0. The van der Waals surface area contributed by atoms with Crippen molar-refractivity contribution in [2.45, 2.75) is 0 Å². The van der Waals surface area contributed by atoms with Crippen molar-refractivity contribution in [3.05, 3.63) is 0 Å². The highest BCUT2D eigenvalue weighted by molar-refractivity contribution is 6.23. The molecule has 1 aliphatic rings. The van der Waals surface area contributed by atoms with Crippen LogP contribution >= 0.6 is 0 Å². The molecule has 1 saturated heterocycles. The number of quaternary nitrogens is 1. The lowest BCUT2D eigenvalue weighted by Gasteiger charge is -2.31. The average molecular weight is 255 g/mol. The van der Waals surface area contributed by atoms with Crippen molar-refractivity contribution in [3.8, 4) is 0 Å². The molecular weight excluding hydrogens is 236 g/mol. The SMILES string of the molecule is CN1C(=O)C(C=NCC[NH+](C)C)C(=O)N(C)C1=O. The van der Waals surface area contributed by atoms with Gasteiger partial charge in [-0.1, -0.05) is 0 Å². The van der Waals surface area contributed by atoms with Crippen LogP contribution in [0.15, 0.2) is 4.99 Å². The van der Waals surface area contributed by atoms with Gasteiger partial charge in [0, 0.05) is 20.3 Å². The summed E-state index contributed by atoms with van der Waals surface area (Å²) in [5, 5.41) is 0. The van der Waals surface area contributed by atoms with Crippen LogP contribution in [0.1, 0.15) is 0 Å². The smallest absolute Gasteiger partial charge is 0.332 e. The second kappa shape index (κ2) is 5.72. The van der Waals surface area contributed by atoms with Gasteiger partial charge in [0.05, 0.1) is 27.2 Å². The van der Waals surface area contributed by atoms with E-state index in [0.29, 0.717) is 6.54 Å². The van der Waals surface area contributed by atoms with Crippen LogP contribution in [-0.2, 0) is 9.59 Å². The number of urea groups is 1. The van der Waals surface area contributed by atoms with Crippen LogP contribution < -0.4 is 4.90 Å². The van der Waals surface area contributed by atoms with E-state index in [9.17, 15) is 14.4 Å². The number of amides is 4. The van der Waals surface area contributed by atoms with Gasteiger partial charge in [0.2, 0.25) is 11.8 Å². The minimum Gasteiger partial charge on any atom is -0.338 e. The Kier molecular flexibility index (Phi) is 4.55. The van der Waals surface area contributed by atoms with E-state index in [1.807, 2.05) is 14.1 Å². The highest BCUT2D eigenvalue weighted by Crippen LogP contribution is 2.13. The fraction of sp³-hybridized carbons (Fsp3) is 0.636. The van der Waals surface area contributed by atoms with E-state index in [4.69, 9.17) is 0 Å². The van der Waals surface area contributed by atoms with Crippen LogP contribution in [0, 0.1) is 5.92 Å². The number of aliphatic imine (C=N–C) groups is 1. The number of likely N-dealkylation sites (N-methyl/N-ethyl adjacent to an activating group) is 1. The zero-order chi connectivity index (χ0) is 13.9. The molecule has 1 rings (SSSR count). The summed E-state index contributed by atoms with van der Waals surface area (Å²) in [5.74, 6) is -2.03. The van der Waals surface area contributed by atoms with Gasteiger partial charge in [-0.3, -0.25) is 24.4 Å². The zero-order valence-corrected chi connectivity index (χ0v) is 11.1. The molecule has 0 aliphatic carbocycles. The predicted octanol–water partition coefficient (Wildman–Crippen LogP) is -2.13. The summed E-state index contributed by atoms with van der Waals surface area (Å²) in [4.78, 5) is 42.2. The lowest BCUT2D eigenvalue weighted by atomic mass is 10.1. The Bertz CT molecular complexity index is 368. The molecule has 0 atom stereocenters. The van der Waals surface area contributed by atoms with Crippen molar-refractivity contribution in [2.24, 2.45) is 10.9 Å². The fourth-order valence-electron chi connectivity index (χ4n) is 1.53. The number of carbonyl (C=O) groups is 3. The first kappa shape index (κ1) is 14.3. The normalized spacial score (nSPS) is 18.6. The number of hydrogen-bond donors (Lipinski definition) is 1. The first-order valence-corrected chi connectivity index (χ1v) is 5.74. The molecule has 0 radical (unpaired) electrons. The van der Waals surface area contributed by atoms with Crippen molar-refractivity contribution in [2.75, 3.05) is 41.3 Å². The number of nitrogens with zero attached hydrogens (tertiary/aromatic N) is 3. The number of hydrogen-bond acceptors (Lipinski definition) is 4. The second-order valence-electron chi connectivity index (χ2n) is 4.57. The highest BCUT2D eigenvalue weighted by Gasteiger charge is 2.41. The molecule has 7 nitrogen and oxygen atoms in total. The van der Waals surface area contributed by atoms with Crippen molar-refractivity contribution in [3.63, 3.8) is 0 Å². The first-order valence-electron chi connectivity index (χ1n) is 5.74. The summed E-state index contributed by atoms with van der Waals surface area (Å²) in [6.07, 6.45) is 1.34. The van der Waals surface area contributed by atoms with Gasteiger partial charge in [-0.05, 0) is 0 Å². The quantitative estimate of drug-likeness (QED) is 0.460. The van der Waals surface area contributed by atoms with E-state index in [0.717, 1.165) is 16.3 Å². The number of nitrogens with one attached hydrogen (secondary N) is 1. The third-order valence-corrected chi connectivity index (χ3v) is 2.76. The van der Waals surface area contributed by atoms with Crippen LogP contribution in [-0.4, -0.2) is 75.1 Å². The molecule has 0 bridgehead atoms. The van der Waals surface area contributed by atoms with Gasteiger partial charge in [-0.2, -0.15) is 0 Å². The van der Waals surface area contributed by atoms with Crippen LogP contribution in [0.5, 0.6) is 0 Å². The van der Waals surface area contributed by atoms with Crippen molar-refractivity contribution < 1.29 is 19.3 Å². The van der Waals surface area contributed by atoms with Gasteiger partial charge >= 0.3 is 6.03 Å². The maximum absolute atomic E-state index is 11.8. The van der Waals surface area contributed by atoms with Crippen LogP contribution in [0.25, 0.3) is 0 Å². The fourth-order valence-corrected chi connectivity index (χ4v) is 1.53. The molecule has 100 valence electrons. The molecule has 1 fully saturated rings. The molecule has 1 aliphatic heterocycles. The second-order valence-corrected chi connectivity index (χ2v) is 4.57. The van der Waals surface area contributed by atoms with Gasteiger partial charge < -0.3 is 4.90 Å². The van der Waals surface area contributed by atoms with Crippen LogP contribution in [0.3, 0.4) is 0 Å². The van der Waals surface area contributed by atoms with Gasteiger partial charge in [-0.15, -0.1) is 0 Å². The maximum atomic E-state index is 11.8. The lowest BCUT2D eigenvalue weighted by Crippen LogP contribution is -3.06. The largest absolute Gasteiger partial charge is 0.338 e. The molecule has 0 aromatic heterocycles. The van der Waals surface area contributed by atoms with Gasteiger partial charge in [0.1, 0.15) is 0 Å². The van der Waals surface area contributed by atoms with Gasteiger partial charge in [0.15, 0.2) is 5.92 Å². The van der Waals surface area contributed by atoms with E-state index >= 15 is 0 Å². The molecule has 0 spiro atoms. The Morgan fingerprint density at radius 3 is 2.11 bits per heavy atom. The molecule has 4 amide bonds. The Hall–Kier alpha value is -1.76.